The van der Waals surface area contributed by atoms with Crippen molar-refractivity contribution < 1.29 is 23.9 Å². The first-order valence-electron chi connectivity index (χ1n) is 8.77. The molecule has 140 valence electrons. The van der Waals surface area contributed by atoms with E-state index in [0.29, 0.717) is 17.0 Å². The molecule has 6 heteroatoms. The number of rotatable bonds is 7. The molecule has 6 nitrogen and oxygen atoms in total. The van der Waals surface area contributed by atoms with Gasteiger partial charge in [-0.1, -0.05) is 17.7 Å². The third-order valence-electron chi connectivity index (χ3n) is 4.45. The van der Waals surface area contributed by atoms with Gasteiger partial charge in [0.1, 0.15) is 5.75 Å². The number of ether oxygens (including phenoxy) is 2. The van der Waals surface area contributed by atoms with E-state index in [-0.39, 0.29) is 37.2 Å². The Morgan fingerprint density at radius 1 is 1.11 bits per heavy atom. The molecule has 1 amide bonds. The molecule has 1 atom stereocenters. The summed E-state index contributed by atoms with van der Waals surface area (Å²) in [7, 11) is 0. The van der Waals surface area contributed by atoms with Crippen LogP contribution in [-0.4, -0.2) is 30.9 Å². The molecule has 2 aromatic carbocycles. The van der Waals surface area contributed by atoms with Gasteiger partial charge in [0.05, 0.1) is 18.9 Å². The molecule has 27 heavy (non-hydrogen) atoms. The maximum atomic E-state index is 12.3. The molecule has 0 fully saturated rings. The number of ketones is 1. The number of anilines is 1. The minimum atomic E-state index is -0.498. The zero-order valence-corrected chi connectivity index (χ0v) is 15.3. The summed E-state index contributed by atoms with van der Waals surface area (Å²) in [5, 5.41) is 2.75. The molecule has 0 saturated heterocycles. The molecule has 3 rings (SSSR count). The summed E-state index contributed by atoms with van der Waals surface area (Å²) < 4.78 is 10.5. The summed E-state index contributed by atoms with van der Waals surface area (Å²) in [5.41, 5.74) is 3.04. The zero-order chi connectivity index (χ0) is 19.4. The second-order valence-corrected chi connectivity index (χ2v) is 6.51. The van der Waals surface area contributed by atoms with Crippen molar-refractivity contribution >= 4 is 23.3 Å². The van der Waals surface area contributed by atoms with Crippen LogP contribution < -0.4 is 10.1 Å². The predicted octanol–water partition coefficient (Wildman–Crippen LogP) is 3.25. The van der Waals surface area contributed by atoms with E-state index in [0.717, 1.165) is 11.1 Å². The van der Waals surface area contributed by atoms with Crippen LogP contribution >= 0.6 is 0 Å². The van der Waals surface area contributed by atoms with E-state index >= 15 is 0 Å². The molecule has 2 aromatic rings. The highest BCUT2D eigenvalue weighted by molar-refractivity contribution is 6.05. The van der Waals surface area contributed by atoms with Crippen LogP contribution in [0, 0.1) is 6.92 Å². The summed E-state index contributed by atoms with van der Waals surface area (Å²) in [6.07, 6.45) is 0.0563. The smallest absolute Gasteiger partial charge is 0.309 e. The first-order chi connectivity index (χ1) is 12.9. The lowest BCUT2D eigenvalue weighted by Gasteiger charge is -2.08. The number of carbonyl (C=O) groups is 3. The lowest BCUT2D eigenvalue weighted by molar-refractivity contribution is -0.143. The van der Waals surface area contributed by atoms with Gasteiger partial charge < -0.3 is 14.8 Å². The monoisotopic (exact) mass is 367 g/mol. The lowest BCUT2D eigenvalue weighted by Crippen LogP contribution is -2.16. The molecule has 0 aliphatic carbocycles. The van der Waals surface area contributed by atoms with Crippen LogP contribution in [0.25, 0.3) is 0 Å². The number of benzene rings is 2. The van der Waals surface area contributed by atoms with Crippen LogP contribution in [0.4, 0.5) is 5.69 Å². The first-order valence-corrected chi connectivity index (χ1v) is 8.77. The molecule has 1 heterocycles. The van der Waals surface area contributed by atoms with Gasteiger partial charge in [-0.05, 0) is 49.7 Å². The second kappa shape index (κ2) is 8.03. The van der Waals surface area contributed by atoms with Gasteiger partial charge in [-0.3, -0.25) is 14.4 Å². The molecule has 0 unspecified atom stereocenters. The Morgan fingerprint density at radius 3 is 2.59 bits per heavy atom. The maximum absolute atomic E-state index is 12.3. The number of esters is 1. The van der Waals surface area contributed by atoms with Crippen LogP contribution in [0.3, 0.4) is 0 Å². The van der Waals surface area contributed by atoms with Gasteiger partial charge in [0.25, 0.3) is 0 Å². The number of hydrogen-bond donors (Lipinski definition) is 1. The van der Waals surface area contributed by atoms with Crippen molar-refractivity contribution in [2.75, 3.05) is 18.5 Å². The SMILES string of the molecule is Cc1ccc(OCCC(=O)OCC(=O)c2ccc3c(c2)[C@H](C)C(=O)N3)cc1. The standard InChI is InChI=1S/C21H21NO5/c1-13-3-6-16(7-4-13)26-10-9-20(24)27-12-19(23)15-5-8-18-17(11-15)14(2)21(25)22-18/h3-8,11,14H,9-10,12H2,1-2H3,(H,22,25)/t14-/m0/s1. The molecule has 0 saturated carbocycles. The Balaban J connectivity index is 1.45. The average molecular weight is 367 g/mol. The van der Waals surface area contributed by atoms with Crippen molar-refractivity contribution in [1.82, 2.24) is 0 Å². The maximum Gasteiger partial charge on any atom is 0.309 e. The molecule has 0 radical (unpaired) electrons. The van der Waals surface area contributed by atoms with E-state index in [4.69, 9.17) is 9.47 Å². The zero-order valence-electron chi connectivity index (χ0n) is 15.3. The van der Waals surface area contributed by atoms with Crippen molar-refractivity contribution in [3.05, 3.63) is 59.2 Å². The lowest BCUT2D eigenvalue weighted by atomic mass is 9.99. The first kappa shape index (κ1) is 18.6. The average Bonchev–Trinajstić information content (AvgIpc) is 2.95. The minimum Gasteiger partial charge on any atom is -0.493 e. The summed E-state index contributed by atoms with van der Waals surface area (Å²) in [6.45, 7) is 3.61. The molecule has 0 bridgehead atoms. The van der Waals surface area contributed by atoms with Gasteiger partial charge in [-0.15, -0.1) is 0 Å². The van der Waals surface area contributed by atoms with Crippen LogP contribution in [0.5, 0.6) is 5.75 Å². The molecule has 1 aliphatic heterocycles. The molecular weight excluding hydrogens is 346 g/mol. The molecule has 0 spiro atoms. The highest BCUT2D eigenvalue weighted by atomic mass is 16.5. The largest absolute Gasteiger partial charge is 0.493 e. The number of carbonyl (C=O) groups excluding carboxylic acids is 3. The van der Waals surface area contributed by atoms with E-state index < -0.39 is 5.97 Å². The van der Waals surface area contributed by atoms with E-state index in [1.807, 2.05) is 31.2 Å². The van der Waals surface area contributed by atoms with Crippen LogP contribution in [0.1, 0.15) is 40.7 Å². The Bertz CT molecular complexity index is 873. The Morgan fingerprint density at radius 2 is 1.85 bits per heavy atom. The van der Waals surface area contributed by atoms with E-state index in [1.54, 1.807) is 25.1 Å². The van der Waals surface area contributed by atoms with Crippen LogP contribution in [-0.2, 0) is 14.3 Å². The third-order valence-corrected chi connectivity index (χ3v) is 4.45. The Labute approximate surface area is 157 Å². The number of Topliss-reactive ketones (excluding diaryl/α,β-unsaturated/α-hetero) is 1. The van der Waals surface area contributed by atoms with Gasteiger partial charge >= 0.3 is 5.97 Å². The summed E-state index contributed by atoms with van der Waals surface area (Å²) >= 11 is 0. The van der Waals surface area contributed by atoms with Gasteiger partial charge in [0.2, 0.25) is 5.91 Å². The number of nitrogens with one attached hydrogen (secondary N) is 1. The number of fused-ring (bicyclic) bond motifs is 1. The highest BCUT2D eigenvalue weighted by Gasteiger charge is 2.27. The number of amides is 1. The predicted molar refractivity (Wildman–Crippen MR) is 100 cm³/mol. The minimum absolute atomic E-state index is 0.0563. The topological polar surface area (TPSA) is 81.7 Å². The van der Waals surface area contributed by atoms with E-state index in [1.165, 1.54) is 0 Å². The molecule has 0 aromatic heterocycles. The van der Waals surface area contributed by atoms with Gasteiger partial charge in [-0.25, -0.2) is 0 Å². The highest BCUT2D eigenvalue weighted by Crippen LogP contribution is 2.32. The van der Waals surface area contributed by atoms with E-state index in [9.17, 15) is 14.4 Å². The van der Waals surface area contributed by atoms with E-state index in [2.05, 4.69) is 5.32 Å². The van der Waals surface area contributed by atoms with Crippen molar-refractivity contribution in [2.24, 2.45) is 0 Å². The molecule has 1 N–H and O–H groups in total. The normalized spacial score (nSPS) is 15.0. The van der Waals surface area contributed by atoms with Crippen LogP contribution in [0.2, 0.25) is 0 Å². The molecule has 1 aliphatic rings. The second-order valence-electron chi connectivity index (χ2n) is 6.51. The van der Waals surface area contributed by atoms with Crippen molar-refractivity contribution in [2.45, 2.75) is 26.2 Å². The summed E-state index contributed by atoms with van der Waals surface area (Å²) in [4.78, 5) is 35.7. The Kier molecular flexibility index (Phi) is 5.54. The molecular formula is C21H21NO5. The Hall–Kier alpha value is -3.15. The van der Waals surface area contributed by atoms with Gasteiger partial charge in [0.15, 0.2) is 12.4 Å². The quantitative estimate of drug-likeness (QED) is 0.600. The fraction of sp³-hybridized carbons (Fsp3) is 0.286. The fourth-order valence-corrected chi connectivity index (χ4v) is 2.78. The van der Waals surface area contributed by atoms with Gasteiger partial charge in [0, 0.05) is 11.3 Å². The fourth-order valence-electron chi connectivity index (χ4n) is 2.78. The van der Waals surface area contributed by atoms with Gasteiger partial charge in [-0.2, -0.15) is 0 Å². The van der Waals surface area contributed by atoms with Crippen molar-refractivity contribution in [3.8, 4) is 5.75 Å². The van der Waals surface area contributed by atoms with Crippen molar-refractivity contribution in [1.29, 1.82) is 0 Å². The summed E-state index contributed by atoms with van der Waals surface area (Å²) in [6, 6.07) is 12.5. The van der Waals surface area contributed by atoms with Crippen molar-refractivity contribution in [3.63, 3.8) is 0 Å². The van der Waals surface area contributed by atoms with Crippen LogP contribution in [0.15, 0.2) is 42.5 Å². The number of aryl methyl sites for hydroxylation is 1. The summed E-state index contributed by atoms with van der Waals surface area (Å²) in [5.74, 6) is -0.511. The third kappa shape index (κ3) is 4.53. The number of hydrogen-bond acceptors (Lipinski definition) is 5.